The molecule has 6 nitrogen and oxygen atoms in total. The van der Waals surface area contributed by atoms with Crippen LogP contribution in [0.2, 0.25) is 0 Å². The summed E-state index contributed by atoms with van der Waals surface area (Å²) in [4.78, 5) is 11.5. The molecule has 1 aromatic heterocycles. The van der Waals surface area contributed by atoms with E-state index < -0.39 is 0 Å². The first-order valence-electron chi connectivity index (χ1n) is 9.91. The maximum atomic E-state index is 5.98. The van der Waals surface area contributed by atoms with Gasteiger partial charge in [-0.15, -0.1) is 0 Å². The van der Waals surface area contributed by atoms with Crippen molar-refractivity contribution in [3.8, 4) is 11.6 Å². The molecule has 3 rings (SSSR count). The van der Waals surface area contributed by atoms with Gasteiger partial charge < -0.3 is 20.3 Å². The van der Waals surface area contributed by atoms with E-state index in [2.05, 4.69) is 41.3 Å². The summed E-state index contributed by atoms with van der Waals surface area (Å²) < 4.78 is 5.98. The molecule has 0 amide bonds. The summed E-state index contributed by atoms with van der Waals surface area (Å²) in [6.07, 6.45) is 2.42. The number of anilines is 2. The van der Waals surface area contributed by atoms with Gasteiger partial charge in [-0.1, -0.05) is 39.0 Å². The molecule has 0 unspecified atom stereocenters. The van der Waals surface area contributed by atoms with Crippen LogP contribution < -0.4 is 20.3 Å². The van der Waals surface area contributed by atoms with Crippen molar-refractivity contribution in [1.29, 1.82) is 0 Å². The summed E-state index contributed by atoms with van der Waals surface area (Å²) in [6, 6.07) is 11.6. The smallest absolute Gasteiger partial charge is 0.234 e. The van der Waals surface area contributed by atoms with Crippen LogP contribution in [-0.2, 0) is 0 Å². The van der Waals surface area contributed by atoms with E-state index in [1.54, 1.807) is 0 Å². The third kappa shape index (κ3) is 6.05. The van der Waals surface area contributed by atoms with Gasteiger partial charge in [0.05, 0.1) is 0 Å². The molecule has 1 atom stereocenters. The van der Waals surface area contributed by atoms with Crippen molar-refractivity contribution in [2.75, 3.05) is 29.9 Å². The van der Waals surface area contributed by atoms with Gasteiger partial charge in [0, 0.05) is 25.7 Å². The number of aromatic nitrogens is 2. The fourth-order valence-corrected chi connectivity index (χ4v) is 3.31. The molecule has 1 aliphatic rings. The first kappa shape index (κ1) is 20.3. The van der Waals surface area contributed by atoms with Crippen LogP contribution in [0, 0.1) is 11.8 Å². The molecular formula is C21H29N5OS. The maximum Gasteiger partial charge on any atom is 0.234 e. The van der Waals surface area contributed by atoms with Gasteiger partial charge in [0.25, 0.3) is 0 Å². The summed E-state index contributed by atoms with van der Waals surface area (Å²) in [7, 11) is 0. The number of hydrogen-bond acceptors (Lipinski definition) is 5. The molecule has 0 aliphatic carbocycles. The number of rotatable bonds is 6. The zero-order valence-electron chi connectivity index (χ0n) is 16.8. The Labute approximate surface area is 172 Å². The van der Waals surface area contributed by atoms with E-state index in [0.29, 0.717) is 28.8 Å². The molecule has 0 radical (unpaired) electrons. The highest BCUT2D eigenvalue weighted by Crippen LogP contribution is 2.27. The Kier molecular flexibility index (Phi) is 7.03. The fourth-order valence-electron chi connectivity index (χ4n) is 3.13. The van der Waals surface area contributed by atoms with Gasteiger partial charge in [0.2, 0.25) is 11.8 Å². The Hall–Kier alpha value is -2.41. The molecule has 150 valence electrons. The van der Waals surface area contributed by atoms with Gasteiger partial charge in [-0.3, -0.25) is 0 Å². The first-order chi connectivity index (χ1) is 13.5. The molecule has 1 saturated heterocycles. The number of ether oxygens (including phenoxy) is 1. The third-order valence-electron chi connectivity index (χ3n) is 4.53. The van der Waals surface area contributed by atoms with Crippen LogP contribution in [0.25, 0.3) is 0 Å². The average Bonchev–Trinajstić information content (AvgIpc) is 2.67. The second-order valence-electron chi connectivity index (χ2n) is 7.73. The molecule has 0 spiro atoms. The second-order valence-corrected chi connectivity index (χ2v) is 8.13. The van der Waals surface area contributed by atoms with E-state index in [4.69, 9.17) is 21.9 Å². The van der Waals surface area contributed by atoms with Crippen LogP contribution in [0.3, 0.4) is 0 Å². The number of benzene rings is 1. The lowest BCUT2D eigenvalue weighted by Gasteiger charge is -2.32. The number of hydrogen-bond donors (Lipinski definition) is 2. The summed E-state index contributed by atoms with van der Waals surface area (Å²) in [6.45, 7) is 9.31. The predicted octanol–water partition coefficient (Wildman–Crippen LogP) is 4.45. The molecular weight excluding hydrogens is 370 g/mol. The molecule has 7 heteroatoms. The topological polar surface area (TPSA) is 62.3 Å². The van der Waals surface area contributed by atoms with Gasteiger partial charge in [-0.25, -0.2) is 0 Å². The maximum absolute atomic E-state index is 5.98. The Morgan fingerprint density at radius 3 is 2.79 bits per heavy atom. The minimum Gasteiger partial charge on any atom is -0.439 e. The Bertz CT molecular complexity index is 784. The molecule has 2 aromatic rings. The van der Waals surface area contributed by atoms with Crippen molar-refractivity contribution in [2.45, 2.75) is 33.6 Å². The van der Waals surface area contributed by atoms with Crippen molar-refractivity contribution >= 4 is 29.1 Å². The van der Waals surface area contributed by atoms with E-state index in [9.17, 15) is 0 Å². The molecule has 1 aliphatic heterocycles. The monoisotopic (exact) mass is 399 g/mol. The van der Waals surface area contributed by atoms with Crippen LogP contribution in [0.1, 0.15) is 33.6 Å². The SMILES string of the molecule is CC(C)CNC(=S)Nc1nc(Oc2ccccc2)cc(N2CCC[C@@H](C)C2)n1. The van der Waals surface area contributed by atoms with Crippen molar-refractivity contribution in [2.24, 2.45) is 11.8 Å². The Morgan fingerprint density at radius 2 is 2.07 bits per heavy atom. The van der Waals surface area contributed by atoms with E-state index in [0.717, 1.165) is 37.6 Å². The highest BCUT2D eigenvalue weighted by Gasteiger charge is 2.20. The van der Waals surface area contributed by atoms with Crippen LogP contribution in [0.15, 0.2) is 36.4 Å². The summed E-state index contributed by atoms with van der Waals surface area (Å²) >= 11 is 5.39. The standard InChI is InChI=1S/C21H29N5OS/c1-15(2)13-22-21(28)25-20-23-18(26-11-7-8-16(3)14-26)12-19(24-20)27-17-9-5-4-6-10-17/h4-6,9-10,12,15-16H,7-8,11,13-14H2,1-3H3,(H2,22,23,24,25,28)/t16-/m1/s1. The normalized spacial score (nSPS) is 16.7. The largest absolute Gasteiger partial charge is 0.439 e. The van der Waals surface area contributed by atoms with E-state index in [1.807, 2.05) is 36.4 Å². The molecule has 2 N–H and O–H groups in total. The summed E-state index contributed by atoms with van der Waals surface area (Å²) in [5.74, 6) is 3.70. The summed E-state index contributed by atoms with van der Waals surface area (Å²) in [5.41, 5.74) is 0. The zero-order valence-corrected chi connectivity index (χ0v) is 17.6. The van der Waals surface area contributed by atoms with Gasteiger partial charge in [0.15, 0.2) is 5.11 Å². The van der Waals surface area contributed by atoms with Crippen molar-refractivity contribution < 1.29 is 4.74 Å². The van der Waals surface area contributed by atoms with E-state index >= 15 is 0 Å². The van der Waals surface area contributed by atoms with E-state index in [1.165, 1.54) is 6.42 Å². The minimum atomic E-state index is 0.447. The van der Waals surface area contributed by atoms with Crippen LogP contribution in [0.5, 0.6) is 11.6 Å². The predicted molar refractivity (Wildman–Crippen MR) is 118 cm³/mol. The van der Waals surface area contributed by atoms with Crippen molar-refractivity contribution in [1.82, 2.24) is 15.3 Å². The number of nitrogens with zero attached hydrogens (tertiary/aromatic N) is 3. The van der Waals surface area contributed by atoms with Crippen molar-refractivity contribution in [3.05, 3.63) is 36.4 Å². The quantitative estimate of drug-likeness (QED) is 0.696. The number of nitrogens with one attached hydrogen (secondary N) is 2. The Morgan fingerprint density at radius 1 is 1.29 bits per heavy atom. The number of thiocarbonyl (C=S) groups is 1. The van der Waals surface area contributed by atoms with Gasteiger partial charge in [0.1, 0.15) is 11.6 Å². The third-order valence-corrected chi connectivity index (χ3v) is 4.78. The average molecular weight is 400 g/mol. The first-order valence-corrected chi connectivity index (χ1v) is 10.3. The molecule has 0 saturated carbocycles. The minimum absolute atomic E-state index is 0.447. The second kappa shape index (κ2) is 9.68. The van der Waals surface area contributed by atoms with Crippen molar-refractivity contribution in [3.63, 3.8) is 0 Å². The lowest BCUT2D eigenvalue weighted by Crippen LogP contribution is -2.35. The van der Waals surface area contributed by atoms with Gasteiger partial charge in [-0.05, 0) is 49.0 Å². The zero-order chi connectivity index (χ0) is 19.9. The number of piperidine rings is 1. The van der Waals surface area contributed by atoms with Crippen LogP contribution >= 0.6 is 12.2 Å². The van der Waals surface area contributed by atoms with Gasteiger partial charge >= 0.3 is 0 Å². The number of para-hydroxylation sites is 1. The lowest BCUT2D eigenvalue weighted by molar-refractivity contribution is 0.440. The fraction of sp³-hybridized carbons (Fsp3) is 0.476. The highest BCUT2D eigenvalue weighted by molar-refractivity contribution is 7.80. The molecule has 2 heterocycles. The molecule has 28 heavy (non-hydrogen) atoms. The molecule has 1 aromatic carbocycles. The Balaban J connectivity index is 1.81. The lowest BCUT2D eigenvalue weighted by atomic mass is 10.0. The van der Waals surface area contributed by atoms with E-state index in [-0.39, 0.29) is 0 Å². The highest BCUT2D eigenvalue weighted by atomic mass is 32.1. The van der Waals surface area contributed by atoms with Crippen LogP contribution in [-0.4, -0.2) is 34.7 Å². The molecule has 1 fully saturated rings. The van der Waals surface area contributed by atoms with Crippen LogP contribution in [0.4, 0.5) is 11.8 Å². The van der Waals surface area contributed by atoms with Gasteiger partial charge in [-0.2, -0.15) is 9.97 Å². The molecule has 0 bridgehead atoms. The summed E-state index contributed by atoms with van der Waals surface area (Å²) in [5, 5.41) is 6.81.